The molecule has 4 rings (SSSR count). The zero-order valence-electron chi connectivity index (χ0n) is 19.9. The molecule has 0 bridgehead atoms. The van der Waals surface area contributed by atoms with Gasteiger partial charge in [0.25, 0.3) is 10.1 Å². The molecule has 1 fully saturated rings. The van der Waals surface area contributed by atoms with Crippen LogP contribution >= 0.6 is 0 Å². The van der Waals surface area contributed by atoms with Crippen LogP contribution in [-0.2, 0) is 28.5 Å². The van der Waals surface area contributed by atoms with Crippen LogP contribution in [0, 0.1) is 6.92 Å². The fraction of sp³-hybridized carbons (Fsp3) is 0.259. The average Bonchev–Trinajstić information content (AvgIpc) is 3.21. The topological polar surface area (TPSA) is 125 Å². The summed E-state index contributed by atoms with van der Waals surface area (Å²) in [5.74, 6) is -1.35. The van der Waals surface area contributed by atoms with Crippen molar-refractivity contribution in [3.8, 4) is 0 Å². The van der Waals surface area contributed by atoms with E-state index in [9.17, 15) is 23.1 Å². The number of hydrogen-bond acceptors (Lipinski definition) is 9. The van der Waals surface area contributed by atoms with Crippen molar-refractivity contribution in [1.82, 2.24) is 0 Å². The summed E-state index contributed by atoms with van der Waals surface area (Å²) in [6.07, 6.45) is -4.92. The molecule has 37 heavy (non-hydrogen) atoms. The molecule has 0 aliphatic carbocycles. The maximum atomic E-state index is 12.7. The van der Waals surface area contributed by atoms with Gasteiger partial charge < -0.3 is 19.3 Å². The van der Waals surface area contributed by atoms with E-state index in [1.54, 1.807) is 72.8 Å². The van der Waals surface area contributed by atoms with Gasteiger partial charge >= 0.3 is 11.9 Å². The van der Waals surface area contributed by atoms with Crippen molar-refractivity contribution in [2.24, 2.45) is 0 Å². The van der Waals surface area contributed by atoms with E-state index < -0.39 is 53.1 Å². The van der Waals surface area contributed by atoms with E-state index in [1.165, 1.54) is 12.1 Å². The molecule has 1 heterocycles. The molecule has 4 atom stereocenters. The van der Waals surface area contributed by atoms with Crippen molar-refractivity contribution in [3.05, 3.63) is 102 Å². The first kappa shape index (κ1) is 26.5. The Bertz CT molecular complexity index is 1310. The van der Waals surface area contributed by atoms with Crippen LogP contribution in [-0.4, -0.2) is 63.1 Å². The van der Waals surface area contributed by atoms with E-state index in [-0.39, 0.29) is 17.1 Å². The molecule has 1 aliphatic rings. The van der Waals surface area contributed by atoms with Crippen LogP contribution < -0.4 is 0 Å². The van der Waals surface area contributed by atoms with E-state index >= 15 is 0 Å². The lowest BCUT2D eigenvalue weighted by Gasteiger charge is -2.21. The maximum Gasteiger partial charge on any atom is 0.338 e. The third-order valence-electron chi connectivity index (χ3n) is 5.77. The lowest BCUT2D eigenvalue weighted by Crippen LogP contribution is -2.40. The van der Waals surface area contributed by atoms with Crippen LogP contribution in [0.3, 0.4) is 0 Å². The summed E-state index contributed by atoms with van der Waals surface area (Å²) in [5, 5.41) is 10.9. The number of ether oxygens (including phenoxy) is 3. The number of aliphatic hydroxyl groups excluding tert-OH is 1. The van der Waals surface area contributed by atoms with Crippen molar-refractivity contribution in [2.75, 3.05) is 13.2 Å². The molecule has 10 heteroatoms. The molecular weight excluding hydrogens is 500 g/mol. The van der Waals surface area contributed by atoms with Gasteiger partial charge in [-0.05, 0) is 43.3 Å². The van der Waals surface area contributed by atoms with E-state index in [2.05, 4.69) is 0 Å². The van der Waals surface area contributed by atoms with Crippen LogP contribution in [0.1, 0.15) is 26.3 Å². The summed E-state index contributed by atoms with van der Waals surface area (Å²) in [5.41, 5.74) is 1.43. The molecule has 0 radical (unpaired) electrons. The van der Waals surface area contributed by atoms with Gasteiger partial charge in [-0.1, -0.05) is 54.1 Å². The first-order valence-electron chi connectivity index (χ1n) is 11.5. The summed E-state index contributed by atoms with van der Waals surface area (Å²) in [6.45, 7) is 0.931. The number of aliphatic hydroxyl groups is 1. The highest BCUT2D eigenvalue weighted by Gasteiger charge is 2.47. The Morgan fingerprint density at radius 2 is 1.38 bits per heavy atom. The number of benzene rings is 3. The van der Waals surface area contributed by atoms with Gasteiger partial charge in [0.1, 0.15) is 24.9 Å². The molecular formula is C27H26O9S. The van der Waals surface area contributed by atoms with Gasteiger partial charge in [0, 0.05) is 0 Å². The van der Waals surface area contributed by atoms with Crippen LogP contribution in [0.4, 0.5) is 0 Å². The lowest BCUT2D eigenvalue weighted by atomic mass is 10.1. The van der Waals surface area contributed by atoms with Crippen LogP contribution in [0.2, 0.25) is 0 Å². The van der Waals surface area contributed by atoms with Crippen molar-refractivity contribution in [3.63, 3.8) is 0 Å². The summed E-state index contributed by atoms with van der Waals surface area (Å²) in [7, 11) is -4.13. The molecule has 0 amide bonds. The molecule has 9 nitrogen and oxygen atoms in total. The molecule has 1 aliphatic heterocycles. The molecule has 1 saturated heterocycles. The average molecular weight is 527 g/mol. The minimum atomic E-state index is -4.13. The smallest absolute Gasteiger partial charge is 0.338 e. The minimum absolute atomic E-state index is 0.0500. The molecule has 0 unspecified atom stereocenters. The highest BCUT2D eigenvalue weighted by Crippen LogP contribution is 2.27. The van der Waals surface area contributed by atoms with Gasteiger partial charge in [-0.3, -0.25) is 4.18 Å². The Labute approximate surface area is 214 Å². The second-order valence-electron chi connectivity index (χ2n) is 8.46. The fourth-order valence-electron chi connectivity index (χ4n) is 3.74. The molecule has 3 aromatic carbocycles. The normalized spacial score (nSPS) is 21.4. The van der Waals surface area contributed by atoms with Gasteiger partial charge in [0.05, 0.1) is 22.6 Å². The largest absolute Gasteiger partial charge is 0.459 e. The highest BCUT2D eigenvalue weighted by atomic mass is 32.2. The predicted molar refractivity (Wildman–Crippen MR) is 131 cm³/mol. The van der Waals surface area contributed by atoms with Gasteiger partial charge in [-0.15, -0.1) is 0 Å². The van der Waals surface area contributed by atoms with E-state index in [0.717, 1.165) is 5.56 Å². The number of carbonyl (C=O) groups excluding carboxylic acids is 2. The van der Waals surface area contributed by atoms with Gasteiger partial charge in [0.2, 0.25) is 0 Å². The fourth-order valence-corrected chi connectivity index (χ4v) is 4.66. The second-order valence-corrected chi connectivity index (χ2v) is 10.1. The summed E-state index contributed by atoms with van der Waals surface area (Å²) >= 11 is 0. The SMILES string of the molecule is Cc1ccc(S(=O)(=O)OC[C@@H]2O[C@@H](COC(=O)c3ccccc3)[C@@H](OC(=O)c3ccccc3)[C@@H]2O)cc1. The van der Waals surface area contributed by atoms with Gasteiger partial charge in [0.15, 0.2) is 6.10 Å². The number of rotatable bonds is 9. The Morgan fingerprint density at radius 1 is 0.811 bits per heavy atom. The Morgan fingerprint density at radius 3 is 1.97 bits per heavy atom. The molecule has 0 aromatic heterocycles. The molecule has 3 aromatic rings. The zero-order chi connectivity index (χ0) is 26.4. The van der Waals surface area contributed by atoms with Gasteiger partial charge in [-0.2, -0.15) is 8.42 Å². The monoisotopic (exact) mass is 526 g/mol. The van der Waals surface area contributed by atoms with Crippen LogP contribution in [0.25, 0.3) is 0 Å². The lowest BCUT2D eigenvalue weighted by molar-refractivity contribution is -0.0481. The van der Waals surface area contributed by atoms with Crippen molar-refractivity contribution < 1.29 is 41.5 Å². The predicted octanol–water partition coefficient (Wildman–Crippen LogP) is 2.91. The number of hydrogen-bond donors (Lipinski definition) is 1. The summed E-state index contributed by atoms with van der Waals surface area (Å²) in [4.78, 5) is 25.0. The first-order valence-corrected chi connectivity index (χ1v) is 12.9. The Hall–Kier alpha value is -3.57. The number of carbonyl (C=O) groups is 2. The minimum Gasteiger partial charge on any atom is -0.459 e. The molecule has 0 saturated carbocycles. The van der Waals surface area contributed by atoms with E-state index in [1.807, 2.05) is 6.92 Å². The standard InChI is InChI=1S/C27H26O9S/c1-18-12-14-21(15-13-18)37(31,32)34-17-22-24(28)25(36-27(30)20-10-6-3-7-11-20)23(35-22)16-33-26(29)19-8-4-2-5-9-19/h2-15,22-25,28H,16-17H2,1H3/t22-,23-,24+,25+/m0/s1. The number of aryl methyl sites for hydroxylation is 1. The summed E-state index contributed by atoms with van der Waals surface area (Å²) in [6, 6.07) is 22.5. The highest BCUT2D eigenvalue weighted by molar-refractivity contribution is 7.86. The third-order valence-corrected chi connectivity index (χ3v) is 7.07. The van der Waals surface area contributed by atoms with E-state index in [0.29, 0.717) is 5.56 Å². The maximum absolute atomic E-state index is 12.7. The summed E-state index contributed by atoms with van der Waals surface area (Å²) < 4.78 is 46.9. The zero-order valence-corrected chi connectivity index (χ0v) is 20.7. The Kier molecular flexibility index (Phi) is 8.34. The van der Waals surface area contributed by atoms with Gasteiger partial charge in [-0.25, -0.2) is 9.59 Å². The molecule has 1 N–H and O–H groups in total. The second kappa shape index (κ2) is 11.7. The number of esters is 2. The quantitative estimate of drug-likeness (QED) is 0.331. The Balaban J connectivity index is 1.46. The van der Waals surface area contributed by atoms with Crippen molar-refractivity contribution in [1.29, 1.82) is 0 Å². The molecule has 0 spiro atoms. The molecule has 194 valence electrons. The van der Waals surface area contributed by atoms with Crippen molar-refractivity contribution >= 4 is 22.1 Å². The van der Waals surface area contributed by atoms with Crippen LogP contribution in [0.15, 0.2) is 89.8 Å². The first-order chi connectivity index (χ1) is 17.7. The third kappa shape index (κ3) is 6.60. The van der Waals surface area contributed by atoms with Crippen molar-refractivity contribution in [2.45, 2.75) is 36.2 Å². The van der Waals surface area contributed by atoms with Crippen LogP contribution in [0.5, 0.6) is 0 Å². The van der Waals surface area contributed by atoms with E-state index in [4.69, 9.17) is 18.4 Å².